The number of carbonyl (C=O) groups excluding carboxylic acids is 4. The molecule has 1 saturated carbocycles. The summed E-state index contributed by atoms with van der Waals surface area (Å²) in [7, 11) is 0. The SMILES string of the molecule is CCCCCC(C)C(CC(CC)(CCCC)C(C)(CCC)C(C(=O)OC(C)C)C(C(=O)OC(C)C)C1(C)CC1CC)C(=O)OCCOC(=O)c1ccccc1-c1ccccc1. The van der Waals surface area contributed by atoms with Gasteiger partial charge in [-0.15, -0.1) is 0 Å². The van der Waals surface area contributed by atoms with Crippen LogP contribution in [0.15, 0.2) is 54.6 Å². The van der Waals surface area contributed by atoms with Crippen LogP contribution in [0.1, 0.15) is 177 Å². The predicted octanol–water partition coefficient (Wildman–Crippen LogP) is 13.2. The van der Waals surface area contributed by atoms with Crippen LogP contribution in [0.4, 0.5) is 0 Å². The topological polar surface area (TPSA) is 105 Å². The van der Waals surface area contributed by atoms with E-state index in [0.29, 0.717) is 24.8 Å². The lowest BCUT2D eigenvalue weighted by molar-refractivity contribution is -0.186. The number of carbonyl (C=O) groups is 4. The fourth-order valence-corrected chi connectivity index (χ4v) is 10.6. The Balaban J connectivity index is 2.09. The molecular weight excluding hydrogens is 765 g/mol. The first-order valence-corrected chi connectivity index (χ1v) is 23.9. The molecule has 0 aromatic heterocycles. The van der Waals surface area contributed by atoms with E-state index in [-0.39, 0.29) is 55.2 Å². The minimum atomic E-state index is -0.787. The van der Waals surface area contributed by atoms with Crippen molar-refractivity contribution in [3.05, 3.63) is 60.2 Å². The van der Waals surface area contributed by atoms with Crippen molar-refractivity contribution < 1.29 is 38.1 Å². The van der Waals surface area contributed by atoms with Gasteiger partial charge in [0, 0.05) is 0 Å². The Labute approximate surface area is 370 Å². The van der Waals surface area contributed by atoms with Gasteiger partial charge in [0.1, 0.15) is 13.2 Å². The molecule has 0 aliphatic heterocycles. The number of hydrogen-bond acceptors (Lipinski definition) is 8. The first-order valence-electron chi connectivity index (χ1n) is 23.9. The maximum atomic E-state index is 15.0. The van der Waals surface area contributed by atoms with Gasteiger partial charge in [0.2, 0.25) is 0 Å². The molecule has 8 atom stereocenters. The van der Waals surface area contributed by atoms with E-state index in [1.54, 1.807) is 6.07 Å². The average molecular weight is 847 g/mol. The maximum absolute atomic E-state index is 15.0. The molecule has 2 aromatic rings. The van der Waals surface area contributed by atoms with Crippen molar-refractivity contribution in [2.24, 2.45) is 45.8 Å². The fourth-order valence-electron chi connectivity index (χ4n) is 10.6. The highest BCUT2D eigenvalue weighted by molar-refractivity contribution is 5.97. The van der Waals surface area contributed by atoms with Crippen LogP contribution in [0, 0.1) is 45.8 Å². The van der Waals surface area contributed by atoms with Gasteiger partial charge in [-0.3, -0.25) is 14.4 Å². The van der Waals surface area contributed by atoms with Crippen LogP contribution in [0.5, 0.6) is 0 Å². The lowest BCUT2D eigenvalue weighted by Gasteiger charge is -2.56. The molecule has 61 heavy (non-hydrogen) atoms. The summed E-state index contributed by atoms with van der Waals surface area (Å²) in [5, 5.41) is 0. The lowest BCUT2D eigenvalue weighted by atomic mass is 9.47. The molecule has 0 amide bonds. The van der Waals surface area contributed by atoms with Crippen molar-refractivity contribution in [3.63, 3.8) is 0 Å². The van der Waals surface area contributed by atoms with Crippen LogP contribution < -0.4 is 0 Å². The van der Waals surface area contributed by atoms with Crippen molar-refractivity contribution in [3.8, 4) is 11.1 Å². The van der Waals surface area contributed by atoms with Gasteiger partial charge in [0.05, 0.1) is 35.5 Å². The lowest BCUT2D eigenvalue weighted by Crippen LogP contribution is -2.55. The second-order valence-corrected chi connectivity index (χ2v) is 19.1. The van der Waals surface area contributed by atoms with Gasteiger partial charge in [-0.2, -0.15) is 0 Å². The van der Waals surface area contributed by atoms with Crippen LogP contribution >= 0.6 is 0 Å². The van der Waals surface area contributed by atoms with Gasteiger partial charge in [-0.1, -0.05) is 149 Å². The van der Waals surface area contributed by atoms with Crippen LogP contribution in [-0.4, -0.2) is 49.3 Å². The zero-order valence-electron chi connectivity index (χ0n) is 40.1. The van der Waals surface area contributed by atoms with Gasteiger partial charge >= 0.3 is 23.9 Å². The van der Waals surface area contributed by atoms with Crippen LogP contribution in [0.3, 0.4) is 0 Å². The average Bonchev–Trinajstić information content (AvgIpc) is 3.91. The molecular formula is C53H82O8. The molecule has 0 bridgehead atoms. The molecule has 0 N–H and O–H groups in total. The first kappa shape index (κ1) is 51.7. The molecule has 0 heterocycles. The number of benzene rings is 2. The molecule has 342 valence electrons. The number of unbranched alkanes of at least 4 members (excludes halogenated alkanes) is 3. The second kappa shape index (κ2) is 24.2. The Morgan fingerprint density at radius 1 is 0.721 bits per heavy atom. The van der Waals surface area contributed by atoms with E-state index in [1.165, 1.54) is 0 Å². The van der Waals surface area contributed by atoms with Gasteiger partial charge in [-0.05, 0) is 111 Å². The van der Waals surface area contributed by atoms with Gasteiger partial charge in [0.25, 0.3) is 0 Å². The predicted molar refractivity (Wildman–Crippen MR) is 246 cm³/mol. The van der Waals surface area contributed by atoms with E-state index in [9.17, 15) is 14.4 Å². The smallest absolute Gasteiger partial charge is 0.338 e. The summed E-state index contributed by atoms with van der Waals surface area (Å²) in [4.78, 5) is 57.7. The molecule has 1 aliphatic carbocycles. The Kier molecular flexibility index (Phi) is 20.5. The molecule has 0 spiro atoms. The minimum absolute atomic E-state index is 0.00836. The Morgan fingerprint density at radius 2 is 1.33 bits per heavy atom. The van der Waals surface area contributed by atoms with Crippen molar-refractivity contribution in [2.45, 2.75) is 179 Å². The number of esters is 4. The van der Waals surface area contributed by atoms with E-state index >= 15 is 4.79 Å². The van der Waals surface area contributed by atoms with Crippen molar-refractivity contribution in [1.29, 1.82) is 0 Å². The molecule has 8 unspecified atom stereocenters. The zero-order valence-corrected chi connectivity index (χ0v) is 40.1. The molecule has 3 rings (SSSR count). The van der Waals surface area contributed by atoms with Crippen LogP contribution in [0.25, 0.3) is 11.1 Å². The monoisotopic (exact) mass is 847 g/mol. The molecule has 0 saturated heterocycles. The molecule has 1 fully saturated rings. The van der Waals surface area contributed by atoms with Crippen molar-refractivity contribution >= 4 is 23.9 Å². The Hall–Kier alpha value is -3.68. The molecule has 8 nitrogen and oxygen atoms in total. The first-order chi connectivity index (χ1) is 29.0. The summed E-state index contributed by atoms with van der Waals surface area (Å²) < 4.78 is 24.1. The summed E-state index contributed by atoms with van der Waals surface area (Å²) in [5.74, 6) is -3.16. The third-order valence-corrected chi connectivity index (χ3v) is 14.2. The van der Waals surface area contributed by atoms with Gasteiger partial charge in [0.15, 0.2) is 0 Å². The minimum Gasteiger partial charge on any atom is -0.463 e. The molecule has 0 radical (unpaired) electrons. The zero-order chi connectivity index (χ0) is 45.4. The fraction of sp³-hybridized carbons (Fsp3) is 0.698. The highest BCUT2D eigenvalue weighted by atomic mass is 16.6. The number of ether oxygens (including phenoxy) is 4. The largest absolute Gasteiger partial charge is 0.463 e. The molecule has 2 aromatic carbocycles. The summed E-state index contributed by atoms with van der Waals surface area (Å²) in [5.41, 5.74) is 0.433. The van der Waals surface area contributed by atoms with Crippen molar-refractivity contribution in [1.82, 2.24) is 0 Å². The Morgan fingerprint density at radius 3 is 1.90 bits per heavy atom. The summed E-state index contributed by atoms with van der Waals surface area (Å²) in [6, 6.07) is 17.1. The third-order valence-electron chi connectivity index (χ3n) is 14.2. The summed E-state index contributed by atoms with van der Waals surface area (Å²) in [6.07, 6.45) is 10.3. The normalized spacial score (nSPS) is 20.1. The number of rotatable bonds is 28. The number of hydrogen-bond donors (Lipinski definition) is 0. The maximum Gasteiger partial charge on any atom is 0.338 e. The third kappa shape index (κ3) is 13.2. The quantitative estimate of drug-likeness (QED) is 0.0474. The van der Waals surface area contributed by atoms with Gasteiger partial charge in [-0.25, -0.2) is 4.79 Å². The highest BCUT2D eigenvalue weighted by Crippen LogP contribution is 2.67. The molecule has 8 heteroatoms. The van der Waals surface area contributed by atoms with E-state index in [1.807, 2.05) is 76.2 Å². The highest BCUT2D eigenvalue weighted by Gasteiger charge is 2.67. The summed E-state index contributed by atoms with van der Waals surface area (Å²) in [6.45, 7) is 24.7. The van der Waals surface area contributed by atoms with E-state index in [4.69, 9.17) is 18.9 Å². The van der Waals surface area contributed by atoms with E-state index in [0.717, 1.165) is 75.3 Å². The summed E-state index contributed by atoms with van der Waals surface area (Å²) >= 11 is 0. The van der Waals surface area contributed by atoms with Gasteiger partial charge < -0.3 is 18.9 Å². The standard InChI is InChI=1S/C53H82O8/c1-13-18-21-26-39(10)44(48(55)59-34-33-58-47(54)43-30-25-24-29-42(43)40-27-22-20-23-28-40)36-53(17-5,32-19-14-2)52(12,31-15-3)46(50(57)61-38(8)9)45(49(56)60-37(6)7)51(11)35-41(51)16-4/h20,22-25,27-30,37-39,41,44-46H,13-19,21,26,31-36H2,1-12H3. The van der Waals surface area contributed by atoms with Crippen molar-refractivity contribution in [2.75, 3.05) is 13.2 Å². The second-order valence-electron chi connectivity index (χ2n) is 19.1. The molecule has 1 aliphatic rings. The van der Waals surface area contributed by atoms with E-state index < -0.39 is 40.0 Å². The van der Waals surface area contributed by atoms with Crippen LogP contribution in [0.2, 0.25) is 0 Å². The van der Waals surface area contributed by atoms with Crippen LogP contribution in [-0.2, 0) is 33.3 Å². The van der Waals surface area contributed by atoms with E-state index in [2.05, 4.69) is 55.4 Å². The Bertz CT molecular complexity index is 1670.